The van der Waals surface area contributed by atoms with Gasteiger partial charge < -0.3 is 9.84 Å². The summed E-state index contributed by atoms with van der Waals surface area (Å²) < 4.78 is 7.62. The molecule has 0 spiro atoms. The van der Waals surface area contributed by atoms with Crippen LogP contribution in [0.4, 0.5) is 0 Å². The molecule has 2 aromatic rings. The molecule has 1 aliphatic rings. The van der Waals surface area contributed by atoms with Crippen LogP contribution in [-0.2, 0) is 18.4 Å². The summed E-state index contributed by atoms with van der Waals surface area (Å²) in [5, 5.41) is 17.0. The van der Waals surface area contributed by atoms with Crippen LogP contribution in [0.3, 0.4) is 0 Å². The molecule has 1 fully saturated rings. The number of thiophene rings is 1. The monoisotopic (exact) mass is 349 g/mol. The maximum atomic E-state index is 10.4. The molecule has 1 aliphatic heterocycles. The summed E-state index contributed by atoms with van der Waals surface area (Å²) in [6.07, 6.45) is 1.85. The summed E-state index contributed by atoms with van der Waals surface area (Å²) in [4.78, 5) is 3.58. The lowest BCUT2D eigenvalue weighted by atomic mass is 10.0. The lowest BCUT2D eigenvalue weighted by Gasteiger charge is -2.27. The number of rotatable bonds is 7. The van der Waals surface area contributed by atoms with E-state index >= 15 is 0 Å². The second-order valence-corrected chi connectivity index (χ2v) is 7.64. The highest BCUT2D eigenvalue weighted by Gasteiger charge is 2.31. The predicted octanol–water partition coefficient (Wildman–Crippen LogP) is 2.81. The van der Waals surface area contributed by atoms with Crippen LogP contribution >= 0.6 is 11.3 Å². The maximum Gasteiger partial charge on any atom is 0.0900 e. The van der Waals surface area contributed by atoms with Crippen LogP contribution in [0, 0.1) is 13.8 Å². The quantitative estimate of drug-likeness (QED) is 0.835. The van der Waals surface area contributed by atoms with Gasteiger partial charge in [0.05, 0.1) is 25.0 Å². The van der Waals surface area contributed by atoms with E-state index in [9.17, 15) is 5.11 Å². The third kappa shape index (κ3) is 3.88. The Hall–Kier alpha value is -1.21. The minimum Gasteiger partial charge on any atom is -0.389 e. The molecule has 3 rings (SSSR count). The summed E-state index contributed by atoms with van der Waals surface area (Å²) in [7, 11) is 2.00. The lowest BCUT2D eigenvalue weighted by molar-refractivity contribution is 0.00840. The van der Waals surface area contributed by atoms with Crippen LogP contribution in [0.5, 0.6) is 0 Å². The second kappa shape index (κ2) is 7.78. The molecule has 6 heteroatoms. The van der Waals surface area contributed by atoms with Crippen LogP contribution < -0.4 is 0 Å². The zero-order valence-electron chi connectivity index (χ0n) is 14.7. The Morgan fingerprint density at radius 3 is 2.96 bits per heavy atom. The van der Waals surface area contributed by atoms with Gasteiger partial charge in [-0.2, -0.15) is 5.10 Å². The molecule has 0 aliphatic carbocycles. The highest BCUT2D eigenvalue weighted by atomic mass is 32.1. The van der Waals surface area contributed by atoms with Crippen molar-refractivity contribution < 1.29 is 9.84 Å². The van der Waals surface area contributed by atoms with Gasteiger partial charge in [0, 0.05) is 35.8 Å². The fourth-order valence-corrected chi connectivity index (χ4v) is 4.30. The van der Waals surface area contributed by atoms with Gasteiger partial charge in [-0.15, -0.1) is 11.3 Å². The SMILES string of the molecule is Cc1nn(C)c(C)c1C1CCCN1CC(O)COCc1cccs1. The van der Waals surface area contributed by atoms with Gasteiger partial charge in [0.1, 0.15) is 0 Å². The van der Waals surface area contributed by atoms with Crippen molar-refractivity contribution in [2.45, 2.75) is 45.4 Å². The van der Waals surface area contributed by atoms with Gasteiger partial charge in [-0.1, -0.05) is 6.07 Å². The fourth-order valence-electron chi connectivity index (χ4n) is 3.66. The Labute approximate surface area is 147 Å². The largest absolute Gasteiger partial charge is 0.389 e. The van der Waals surface area contributed by atoms with Crippen molar-refractivity contribution in [2.75, 3.05) is 19.7 Å². The molecule has 2 aromatic heterocycles. The Kier molecular flexibility index (Phi) is 5.71. The van der Waals surface area contributed by atoms with E-state index in [1.165, 1.54) is 22.6 Å². The zero-order valence-corrected chi connectivity index (χ0v) is 15.6. The molecular weight excluding hydrogens is 322 g/mol. The van der Waals surface area contributed by atoms with Crippen LogP contribution in [-0.4, -0.2) is 45.6 Å². The lowest BCUT2D eigenvalue weighted by Crippen LogP contribution is -2.35. The number of aromatic nitrogens is 2. The molecule has 1 saturated heterocycles. The topological polar surface area (TPSA) is 50.5 Å². The van der Waals surface area contributed by atoms with Crippen molar-refractivity contribution >= 4 is 11.3 Å². The number of ether oxygens (including phenoxy) is 1. The normalized spacial score (nSPS) is 19.9. The van der Waals surface area contributed by atoms with E-state index in [4.69, 9.17) is 4.74 Å². The van der Waals surface area contributed by atoms with E-state index in [1.54, 1.807) is 11.3 Å². The van der Waals surface area contributed by atoms with E-state index in [1.807, 2.05) is 23.2 Å². The van der Waals surface area contributed by atoms with Gasteiger partial charge in [-0.25, -0.2) is 0 Å². The van der Waals surface area contributed by atoms with Gasteiger partial charge in [-0.3, -0.25) is 9.58 Å². The number of likely N-dealkylation sites (tertiary alicyclic amines) is 1. The fraction of sp³-hybridized carbons (Fsp3) is 0.611. The number of aliphatic hydroxyl groups excluding tert-OH is 1. The van der Waals surface area contributed by atoms with Gasteiger partial charge >= 0.3 is 0 Å². The Bertz CT molecular complexity index is 654. The van der Waals surface area contributed by atoms with Gasteiger partial charge in [0.25, 0.3) is 0 Å². The number of aryl methyl sites for hydroxylation is 2. The third-order valence-corrected chi connectivity index (χ3v) is 5.69. The van der Waals surface area contributed by atoms with E-state index in [0.717, 1.165) is 18.7 Å². The molecule has 3 heterocycles. The molecule has 0 aromatic carbocycles. The van der Waals surface area contributed by atoms with Crippen molar-refractivity contribution in [1.82, 2.24) is 14.7 Å². The standard InChI is InChI=1S/C18H27N3O2S/c1-13-18(14(2)20(3)19-13)17-7-4-8-21(17)10-15(22)11-23-12-16-6-5-9-24-16/h5-6,9,15,17,22H,4,7-8,10-12H2,1-3H3. The van der Waals surface area contributed by atoms with Gasteiger partial charge in [0.2, 0.25) is 0 Å². The zero-order chi connectivity index (χ0) is 17.1. The number of aliphatic hydroxyl groups is 1. The third-order valence-electron chi connectivity index (χ3n) is 4.84. The molecule has 1 N–H and O–H groups in total. The van der Waals surface area contributed by atoms with Crippen molar-refractivity contribution in [3.05, 3.63) is 39.3 Å². The van der Waals surface area contributed by atoms with Crippen molar-refractivity contribution in [3.63, 3.8) is 0 Å². The van der Waals surface area contributed by atoms with Crippen molar-refractivity contribution in [1.29, 1.82) is 0 Å². The van der Waals surface area contributed by atoms with Gasteiger partial charge in [0.15, 0.2) is 0 Å². The summed E-state index contributed by atoms with van der Waals surface area (Å²) in [5.74, 6) is 0. The highest BCUT2D eigenvalue weighted by molar-refractivity contribution is 7.09. The molecule has 2 unspecified atom stereocenters. The first-order valence-corrected chi connectivity index (χ1v) is 9.46. The first kappa shape index (κ1) is 17.6. The summed E-state index contributed by atoms with van der Waals surface area (Å²) >= 11 is 1.68. The average Bonchev–Trinajstić information content (AvgIpc) is 3.24. The molecular formula is C18H27N3O2S. The number of β-amino-alcohol motifs (C(OH)–C–C–N with tert-alkyl or cyclic N) is 1. The second-order valence-electron chi connectivity index (χ2n) is 6.61. The molecule has 5 nitrogen and oxygen atoms in total. The van der Waals surface area contributed by atoms with E-state index < -0.39 is 6.10 Å². The maximum absolute atomic E-state index is 10.4. The number of nitrogens with zero attached hydrogens (tertiary/aromatic N) is 3. The molecule has 0 amide bonds. The van der Waals surface area contributed by atoms with Crippen LogP contribution in [0.15, 0.2) is 17.5 Å². The minimum absolute atomic E-state index is 0.366. The minimum atomic E-state index is -0.456. The van der Waals surface area contributed by atoms with Crippen LogP contribution in [0.2, 0.25) is 0 Å². The smallest absolute Gasteiger partial charge is 0.0900 e. The highest BCUT2D eigenvalue weighted by Crippen LogP contribution is 2.35. The van der Waals surface area contributed by atoms with Crippen LogP contribution in [0.25, 0.3) is 0 Å². The summed E-state index contributed by atoms with van der Waals surface area (Å²) in [6, 6.07) is 4.44. The molecule has 2 atom stereocenters. The van der Waals surface area contributed by atoms with E-state index in [-0.39, 0.29) is 0 Å². The number of hydrogen-bond donors (Lipinski definition) is 1. The molecule has 132 valence electrons. The summed E-state index contributed by atoms with van der Waals surface area (Å²) in [6.45, 7) is 6.86. The molecule has 0 radical (unpaired) electrons. The molecule has 24 heavy (non-hydrogen) atoms. The van der Waals surface area contributed by atoms with Crippen molar-refractivity contribution in [2.24, 2.45) is 7.05 Å². The van der Waals surface area contributed by atoms with Gasteiger partial charge in [-0.05, 0) is 44.7 Å². The Balaban J connectivity index is 1.55. The predicted molar refractivity (Wildman–Crippen MR) is 96.2 cm³/mol. The molecule has 0 saturated carbocycles. The first-order chi connectivity index (χ1) is 11.6. The van der Waals surface area contributed by atoms with E-state index in [2.05, 4.69) is 29.9 Å². The molecule has 0 bridgehead atoms. The van der Waals surface area contributed by atoms with E-state index in [0.29, 0.717) is 25.8 Å². The first-order valence-electron chi connectivity index (χ1n) is 8.58. The van der Waals surface area contributed by atoms with Crippen molar-refractivity contribution in [3.8, 4) is 0 Å². The van der Waals surface area contributed by atoms with Crippen LogP contribution in [0.1, 0.15) is 40.7 Å². The summed E-state index contributed by atoms with van der Waals surface area (Å²) in [5.41, 5.74) is 3.67. The average molecular weight is 350 g/mol. The number of hydrogen-bond acceptors (Lipinski definition) is 5. The Morgan fingerprint density at radius 2 is 2.29 bits per heavy atom. The Morgan fingerprint density at radius 1 is 1.46 bits per heavy atom.